The van der Waals surface area contributed by atoms with Crippen molar-refractivity contribution in [2.75, 3.05) is 18.9 Å². The molecule has 8 heteroatoms. The fourth-order valence-corrected chi connectivity index (χ4v) is 3.68. The zero-order valence-electron chi connectivity index (χ0n) is 16.4. The maximum Gasteiger partial charge on any atom is 0.251 e. The van der Waals surface area contributed by atoms with Crippen LogP contribution in [0, 0.1) is 20.8 Å². The van der Waals surface area contributed by atoms with Crippen molar-refractivity contribution in [2.45, 2.75) is 32.1 Å². The molecule has 7 nitrogen and oxygen atoms in total. The summed E-state index contributed by atoms with van der Waals surface area (Å²) in [5, 5.41) is 5.27. The van der Waals surface area contributed by atoms with Gasteiger partial charge in [0, 0.05) is 31.3 Å². The predicted molar refractivity (Wildman–Crippen MR) is 109 cm³/mol. The van der Waals surface area contributed by atoms with Crippen LogP contribution in [0.5, 0.6) is 0 Å². The van der Waals surface area contributed by atoms with Crippen LogP contribution in [0.15, 0.2) is 41.3 Å². The van der Waals surface area contributed by atoms with Crippen LogP contribution in [0.4, 0.5) is 5.69 Å². The lowest BCUT2D eigenvalue weighted by atomic mass is 10.1. The zero-order chi connectivity index (χ0) is 20.9. The second-order valence-electron chi connectivity index (χ2n) is 6.55. The van der Waals surface area contributed by atoms with Crippen LogP contribution in [-0.2, 0) is 14.8 Å². The molecule has 0 atom stereocenters. The third-order valence-electron chi connectivity index (χ3n) is 4.42. The molecule has 0 saturated heterocycles. The van der Waals surface area contributed by atoms with Crippen LogP contribution in [0.25, 0.3) is 0 Å². The summed E-state index contributed by atoms with van der Waals surface area (Å²) in [5.41, 5.74) is 3.71. The number of carbonyl (C=O) groups is 2. The molecule has 150 valence electrons. The van der Waals surface area contributed by atoms with Gasteiger partial charge in [0.15, 0.2) is 0 Å². The minimum atomic E-state index is -3.67. The van der Waals surface area contributed by atoms with Gasteiger partial charge in [0.05, 0.1) is 4.90 Å². The molecular formula is C20H25N3O4S. The van der Waals surface area contributed by atoms with Gasteiger partial charge >= 0.3 is 0 Å². The summed E-state index contributed by atoms with van der Waals surface area (Å²) in [6, 6.07) is 9.84. The van der Waals surface area contributed by atoms with Crippen molar-refractivity contribution in [1.82, 2.24) is 10.0 Å². The average molecular weight is 404 g/mol. The van der Waals surface area contributed by atoms with Crippen molar-refractivity contribution >= 4 is 27.5 Å². The van der Waals surface area contributed by atoms with Crippen LogP contribution in [0.2, 0.25) is 0 Å². The summed E-state index contributed by atoms with van der Waals surface area (Å²) in [7, 11) is -2.12. The Morgan fingerprint density at radius 3 is 2.25 bits per heavy atom. The molecule has 0 radical (unpaired) electrons. The number of anilines is 1. The third-order valence-corrected chi connectivity index (χ3v) is 5.88. The molecule has 2 aromatic rings. The van der Waals surface area contributed by atoms with Crippen LogP contribution < -0.4 is 15.4 Å². The Morgan fingerprint density at radius 2 is 1.64 bits per heavy atom. The first-order valence-electron chi connectivity index (χ1n) is 8.83. The minimum absolute atomic E-state index is 0.0132. The van der Waals surface area contributed by atoms with Crippen molar-refractivity contribution < 1.29 is 18.0 Å². The zero-order valence-corrected chi connectivity index (χ0v) is 17.2. The van der Waals surface area contributed by atoms with Gasteiger partial charge in [-0.15, -0.1) is 0 Å². The first kappa shape index (κ1) is 21.6. The average Bonchev–Trinajstić information content (AvgIpc) is 2.64. The van der Waals surface area contributed by atoms with Crippen LogP contribution >= 0.6 is 0 Å². The molecule has 28 heavy (non-hydrogen) atoms. The highest BCUT2D eigenvalue weighted by Crippen LogP contribution is 2.17. The summed E-state index contributed by atoms with van der Waals surface area (Å²) in [6.07, 6.45) is -0.0132. The standard InChI is InChI=1S/C20H25N3O4S/c1-13-5-7-17(12-14(13)2)28(26,27)22-10-9-19(24)23-18-8-6-16(11-15(18)3)20(25)21-4/h5-8,11-12,22H,9-10H2,1-4H3,(H,21,25)(H,23,24). The number of aryl methyl sites for hydroxylation is 3. The predicted octanol–water partition coefficient (Wildman–Crippen LogP) is 2.28. The normalized spacial score (nSPS) is 11.1. The van der Waals surface area contributed by atoms with Gasteiger partial charge in [-0.05, 0) is 67.8 Å². The van der Waals surface area contributed by atoms with Crippen molar-refractivity contribution in [3.8, 4) is 0 Å². The summed E-state index contributed by atoms with van der Waals surface area (Å²) >= 11 is 0. The highest BCUT2D eigenvalue weighted by Gasteiger charge is 2.15. The number of hydrogen-bond donors (Lipinski definition) is 3. The maximum absolute atomic E-state index is 12.3. The Bertz CT molecular complexity index is 1000. The lowest BCUT2D eigenvalue weighted by molar-refractivity contribution is -0.116. The summed E-state index contributed by atoms with van der Waals surface area (Å²) < 4.78 is 27.1. The van der Waals surface area contributed by atoms with Gasteiger partial charge in [-0.2, -0.15) is 0 Å². The molecule has 0 saturated carbocycles. The van der Waals surface area contributed by atoms with Crippen LogP contribution in [0.1, 0.15) is 33.5 Å². The number of sulfonamides is 1. The van der Waals surface area contributed by atoms with Gasteiger partial charge in [0.1, 0.15) is 0 Å². The van der Waals surface area contributed by atoms with E-state index in [4.69, 9.17) is 0 Å². The molecule has 0 bridgehead atoms. The highest BCUT2D eigenvalue weighted by atomic mass is 32.2. The lowest BCUT2D eigenvalue weighted by Gasteiger charge is -2.11. The SMILES string of the molecule is CNC(=O)c1ccc(NC(=O)CCNS(=O)(=O)c2ccc(C)c(C)c2)c(C)c1. The van der Waals surface area contributed by atoms with Gasteiger partial charge < -0.3 is 10.6 Å². The Hall–Kier alpha value is -2.71. The molecule has 0 aliphatic rings. The molecule has 0 aliphatic carbocycles. The molecule has 0 unspecified atom stereocenters. The van der Waals surface area contributed by atoms with Gasteiger partial charge in [0.25, 0.3) is 5.91 Å². The minimum Gasteiger partial charge on any atom is -0.355 e. The van der Waals surface area contributed by atoms with E-state index in [0.29, 0.717) is 11.3 Å². The Kier molecular flexibility index (Phi) is 6.93. The second-order valence-corrected chi connectivity index (χ2v) is 8.32. The quantitative estimate of drug-likeness (QED) is 0.660. The van der Waals surface area contributed by atoms with E-state index >= 15 is 0 Å². The Labute approximate surface area is 165 Å². The van der Waals surface area contributed by atoms with Gasteiger partial charge in [0.2, 0.25) is 15.9 Å². The highest BCUT2D eigenvalue weighted by molar-refractivity contribution is 7.89. The Balaban J connectivity index is 1.93. The summed E-state index contributed by atoms with van der Waals surface area (Å²) in [5.74, 6) is -0.527. The summed E-state index contributed by atoms with van der Waals surface area (Å²) in [4.78, 5) is 23.9. The molecular weight excluding hydrogens is 378 g/mol. The van der Waals surface area contributed by atoms with E-state index in [1.54, 1.807) is 50.4 Å². The van der Waals surface area contributed by atoms with E-state index < -0.39 is 10.0 Å². The molecule has 0 heterocycles. The molecule has 0 aromatic heterocycles. The van der Waals surface area contributed by atoms with Gasteiger partial charge in [-0.3, -0.25) is 9.59 Å². The number of carbonyl (C=O) groups excluding carboxylic acids is 2. The van der Waals surface area contributed by atoms with Crippen molar-refractivity contribution in [3.63, 3.8) is 0 Å². The van der Waals surface area contributed by atoms with E-state index in [0.717, 1.165) is 16.7 Å². The number of benzene rings is 2. The van der Waals surface area contributed by atoms with E-state index in [1.807, 2.05) is 13.8 Å². The maximum atomic E-state index is 12.3. The topological polar surface area (TPSA) is 104 Å². The molecule has 0 aliphatic heterocycles. The Morgan fingerprint density at radius 1 is 0.929 bits per heavy atom. The monoisotopic (exact) mass is 403 g/mol. The van der Waals surface area contributed by atoms with Gasteiger partial charge in [-0.1, -0.05) is 6.07 Å². The number of amides is 2. The van der Waals surface area contributed by atoms with Crippen LogP contribution in [0.3, 0.4) is 0 Å². The van der Waals surface area contributed by atoms with E-state index in [2.05, 4.69) is 15.4 Å². The molecule has 2 rings (SSSR count). The second kappa shape index (κ2) is 8.99. The molecule has 0 spiro atoms. The van der Waals surface area contributed by atoms with E-state index in [1.165, 1.54) is 0 Å². The smallest absolute Gasteiger partial charge is 0.251 e. The molecule has 2 aromatic carbocycles. The van der Waals surface area contributed by atoms with Gasteiger partial charge in [-0.25, -0.2) is 13.1 Å². The van der Waals surface area contributed by atoms with Crippen LogP contribution in [-0.4, -0.2) is 33.8 Å². The molecule has 0 fully saturated rings. The van der Waals surface area contributed by atoms with E-state index in [9.17, 15) is 18.0 Å². The molecule has 3 N–H and O–H groups in total. The number of hydrogen-bond acceptors (Lipinski definition) is 4. The lowest BCUT2D eigenvalue weighted by Crippen LogP contribution is -2.28. The molecule has 2 amide bonds. The fraction of sp³-hybridized carbons (Fsp3) is 0.300. The number of rotatable bonds is 7. The first-order chi connectivity index (χ1) is 13.1. The van der Waals surface area contributed by atoms with E-state index in [-0.39, 0.29) is 29.7 Å². The van der Waals surface area contributed by atoms with Crippen molar-refractivity contribution in [1.29, 1.82) is 0 Å². The third kappa shape index (κ3) is 5.40. The summed E-state index contributed by atoms with van der Waals surface area (Å²) in [6.45, 7) is 5.52. The number of nitrogens with one attached hydrogen (secondary N) is 3. The van der Waals surface area contributed by atoms with Crippen molar-refractivity contribution in [3.05, 3.63) is 58.7 Å². The van der Waals surface area contributed by atoms with Crippen molar-refractivity contribution in [2.24, 2.45) is 0 Å². The fourth-order valence-electron chi connectivity index (χ4n) is 2.57. The largest absolute Gasteiger partial charge is 0.355 e. The first-order valence-corrected chi connectivity index (χ1v) is 10.3.